The summed E-state index contributed by atoms with van der Waals surface area (Å²) in [6.45, 7) is 1.95. The van der Waals surface area contributed by atoms with E-state index in [-0.39, 0.29) is 11.3 Å². The van der Waals surface area contributed by atoms with E-state index in [0.717, 1.165) is 5.56 Å². The first-order valence-electron chi connectivity index (χ1n) is 4.53. The zero-order valence-corrected chi connectivity index (χ0v) is 8.58. The fourth-order valence-electron chi connectivity index (χ4n) is 1.95. The van der Waals surface area contributed by atoms with Gasteiger partial charge in [-0.05, 0) is 18.1 Å². The van der Waals surface area contributed by atoms with Gasteiger partial charge in [0.2, 0.25) is 0 Å². The quantitative estimate of drug-likeness (QED) is 0.815. The van der Waals surface area contributed by atoms with Crippen molar-refractivity contribution in [1.82, 2.24) is 0 Å². The molecule has 0 bridgehead atoms. The summed E-state index contributed by atoms with van der Waals surface area (Å²) in [5.74, 6) is -1.00. The van der Waals surface area contributed by atoms with Gasteiger partial charge in [0, 0.05) is 10.4 Å². The predicted octanol–water partition coefficient (Wildman–Crippen LogP) is 2.70. The van der Waals surface area contributed by atoms with Gasteiger partial charge in [-0.1, -0.05) is 36.7 Å². The molecule has 0 radical (unpaired) electrons. The summed E-state index contributed by atoms with van der Waals surface area (Å²) < 4.78 is 0. The van der Waals surface area contributed by atoms with E-state index in [1.165, 1.54) is 0 Å². The maximum absolute atomic E-state index is 10.8. The molecule has 2 rings (SSSR count). The van der Waals surface area contributed by atoms with Crippen LogP contribution in [0.15, 0.2) is 24.3 Å². The van der Waals surface area contributed by atoms with E-state index in [1.54, 1.807) is 6.07 Å². The Bertz CT molecular complexity index is 389. The third-order valence-electron chi connectivity index (χ3n) is 3.02. The van der Waals surface area contributed by atoms with Crippen molar-refractivity contribution in [1.29, 1.82) is 0 Å². The molecule has 0 saturated heterocycles. The fourth-order valence-corrected chi connectivity index (χ4v) is 2.30. The van der Waals surface area contributed by atoms with Crippen molar-refractivity contribution in [2.24, 2.45) is 5.92 Å². The normalized spacial score (nSPS) is 30.0. The second kappa shape index (κ2) is 2.99. The molecular formula is C11H11ClO2. The zero-order valence-electron chi connectivity index (χ0n) is 7.83. The smallest absolute Gasteiger partial charge is 0.307 e. The average molecular weight is 211 g/mol. The number of carboxylic acid groups (broad SMARTS) is 1. The molecule has 0 spiro atoms. The van der Waals surface area contributed by atoms with Crippen molar-refractivity contribution in [2.75, 3.05) is 0 Å². The molecule has 1 aliphatic carbocycles. The number of halogens is 1. The molecule has 1 aliphatic rings. The van der Waals surface area contributed by atoms with Crippen molar-refractivity contribution in [2.45, 2.75) is 18.8 Å². The average Bonchev–Trinajstić information content (AvgIpc) is 2.80. The molecule has 0 amide bonds. The molecule has 1 saturated carbocycles. The molecule has 1 aromatic carbocycles. The summed E-state index contributed by atoms with van der Waals surface area (Å²) in [7, 11) is 0. The summed E-state index contributed by atoms with van der Waals surface area (Å²) >= 11 is 6.03. The van der Waals surface area contributed by atoms with Crippen LogP contribution < -0.4 is 0 Å². The predicted molar refractivity (Wildman–Crippen MR) is 54.5 cm³/mol. The van der Waals surface area contributed by atoms with Crippen LogP contribution in [-0.4, -0.2) is 11.1 Å². The van der Waals surface area contributed by atoms with Crippen LogP contribution >= 0.6 is 11.6 Å². The Morgan fingerprint density at radius 2 is 2.21 bits per heavy atom. The molecule has 1 fully saturated rings. The minimum Gasteiger partial charge on any atom is -0.481 e. The number of aliphatic carboxylic acids is 1. The summed E-state index contributed by atoms with van der Waals surface area (Å²) in [5, 5.41) is 9.56. The number of hydrogen-bond acceptors (Lipinski definition) is 1. The van der Waals surface area contributed by atoms with Gasteiger partial charge in [0.05, 0.1) is 5.92 Å². The standard InChI is InChI=1S/C11H11ClO2/c1-11(6-8(11)10(13)14)7-4-2-3-5-9(7)12/h2-5,8H,6H2,1H3,(H,13,14)/t8-,11-/m0/s1. The van der Waals surface area contributed by atoms with Crippen LogP contribution in [0.5, 0.6) is 0 Å². The molecule has 1 N–H and O–H groups in total. The maximum Gasteiger partial charge on any atom is 0.307 e. The summed E-state index contributed by atoms with van der Waals surface area (Å²) in [6.07, 6.45) is 0.687. The van der Waals surface area contributed by atoms with Crippen LogP contribution in [-0.2, 0) is 10.2 Å². The van der Waals surface area contributed by atoms with Gasteiger partial charge in [-0.15, -0.1) is 0 Å². The summed E-state index contributed by atoms with van der Waals surface area (Å²) in [4.78, 5) is 10.8. The van der Waals surface area contributed by atoms with Gasteiger partial charge in [-0.25, -0.2) is 0 Å². The molecule has 2 nitrogen and oxygen atoms in total. The molecule has 0 heterocycles. The molecular weight excluding hydrogens is 200 g/mol. The lowest BCUT2D eigenvalue weighted by atomic mass is 9.95. The van der Waals surface area contributed by atoms with Crippen LogP contribution in [0.25, 0.3) is 0 Å². The molecule has 3 heteroatoms. The third kappa shape index (κ3) is 1.30. The molecule has 0 aliphatic heterocycles. The minimum atomic E-state index is -0.729. The van der Waals surface area contributed by atoms with E-state index in [2.05, 4.69) is 0 Å². The number of rotatable bonds is 2. The van der Waals surface area contributed by atoms with Crippen LogP contribution in [0, 0.1) is 5.92 Å². The summed E-state index contributed by atoms with van der Waals surface area (Å²) in [5.41, 5.74) is 0.693. The Kier molecular flexibility index (Phi) is 2.04. The fraction of sp³-hybridized carbons (Fsp3) is 0.364. The van der Waals surface area contributed by atoms with Crippen molar-refractivity contribution in [3.05, 3.63) is 34.9 Å². The van der Waals surface area contributed by atoms with E-state index in [0.29, 0.717) is 11.4 Å². The maximum atomic E-state index is 10.8. The number of carbonyl (C=O) groups is 1. The number of carboxylic acids is 1. The lowest BCUT2D eigenvalue weighted by Gasteiger charge is -2.11. The van der Waals surface area contributed by atoms with Crippen LogP contribution in [0.3, 0.4) is 0 Å². The Labute approximate surface area is 87.5 Å². The van der Waals surface area contributed by atoms with Gasteiger partial charge in [-0.3, -0.25) is 4.79 Å². The lowest BCUT2D eigenvalue weighted by molar-refractivity contribution is -0.138. The van der Waals surface area contributed by atoms with Crippen molar-refractivity contribution >= 4 is 17.6 Å². The van der Waals surface area contributed by atoms with Crippen molar-refractivity contribution < 1.29 is 9.90 Å². The Balaban J connectivity index is 2.34. The van der Waals surface area contributed by atoms with Crippen LogP contribution in [0.2, 0.25) is 5.02 Å². The Morgan fingerprint density at radius 3 is 2.71 bits per heavy atom. The highest BCUT2D eigenvalue weighted by Gasteiger charge is 2.56. The van der Waals surface area contributed by atoms with Crippen LogP contribution in [0.4, 0.5) is 0 Å². The first-order chi connectivity index (χ1) is 6.55. The van der Waals surface area contributed by atoms with E-state index in [1.807, 2.05) is 25.1 Å². The Morgan fingerprint density at radius 1 is 1.57 bits per heavy atom. The number of hydrogen-bond donors (Lipinski definition) is 1. The van der Waals surface area contributed by atoms with Crippen molar-refractivity contribution in [3.8, 4) is 0 Å². The van der Waals surface area contributed by atoms with Gasteiger partial charge >= 0.3 is 5.97 Å². The van der Waals surface area contributed by atoms with E-state index in [9.17, 15) is 4.79 Å². The minimum absolute atomic E-state index is 0.260. The SMILES string of the molecule is C[C@@]1(c2ccccc2Cl)C[C@H]1C(=O)O. The molecule has 0 unspecified atom stereocenters. The highest BCUT2D eigenvalue weighted by atomic mass is 35.5. The van der Waals surface area contributed by atoms with Gasteiger partial charge < -0.3 is 5.11 Å². The first-order valence-corrected chi connectivity index (χ1v) is 4.91. The van der Waals surface area contributed by atoms with Gasteiger partial charge in [-0.2, -0.15) is 0 Å². The molecule has 74 valence electrons. The third-order valence-corrected chi connectivity index (χ3v) is 3.35. The van der Waals surface area contributed by atoms with Gasteiger partial charge in [0.15, 0.2) is 0 Å². The second-order valence-corrected chi connectivity index (χ2v) is 4.40. The molecule has 2 atom stereocenters. The van der Waals surface area contributed by atoms with E-state index >= 15 is 0 Å². The van der Waals surface area contributed by atoms with Crippen LogP contribution in [0.1, 0.15) is 18.9 Å². The largest absolute Gasteiger partial charge is 0.481 e. The topological polar surface area (TPSA) is 37.3 Å². The monoisotopic (exact) mass is 210 g/mol. The van der Waals surface area contributed by atoms with Gasteiger partial charge in [0.25, 0.3) is 0 Å². The zero-order chi connectivity index (χ0) is 10.3. The Hall–Kier alpha value is -1.02. The second-order valence-electron chi connectivity index (χ2n) is 3.99. The van der Waals surface area contributed by atoms with Gasteiger partial charge in [0.1, 0.15) is 0 Å². The highest BCUT2D eigenvalue weighted by Crippen LogP contribution is 2.55. The molecule has 1 aromatic rings. The van der Waals surface area contributed by atoms with E-state index in [4.69, 9.17) is 16.7 Å². The molecule has 14 heavy (non-hydrogen) atoms. The number of benzene rings is 1. The first kappa shape index (κ1) is 9.53. The van der Waals surface area contributed by atoms with E-state index < -0.39 is 5.97 Å². The van der Waals surface area contributed by atoms with Crippen molar-refractivity contribution in [3.63, 3.8) is 0 Å². The molecule has 0 aromatic heterocycles. The highest BCUT2D eigenvalue weighted by molar-refractivity contribution is 6.31. The summed E-state index contributed by atoms with van der Waals surface area (Å²) in [6, 6.07) is 7.46. The lowest BCUT2D eigenvalue weighted by Crippen LogP contribution is -2.11.